The van der Waals surface area contributed by atoms with Crippen LogP contribution in [0.4, 0.5) is 11.4 Å². The molecule has 0 spiro atoms. The molecule has 1 aliphatic rings. The van der Waals surface area contributed by atoms with E-state index in [2.05, 4.69) is 10.0 Å². The number of anilines is 2. The average molecular weight is 562 g/mol. The number of amides is 1. The van der Waals surface area contributed by atoms with Gasteiger partial charge in [-0.15, -0.1) is 0 Å². The summed E-state index contributed by atoms with van der Waals surface area (Å²) in [6.45, 7) is 2.28. The zero-order valence-corrected chi connectivity index (χ0v) is 22.6. The van der Waals surface area contributed by atoms with E-state index in [4.69, 9.17) is 11.6 Å². The first-order valence-electron chi connectivity index (χ1n) is 11.8. The lowest BCUT2D eigenvalue weighted by molar-refractivity contribution is -0.120. The molecule has 196 valence electrons. The molecule has 2 N–H and O–H groups in total. The maximum absolute atomic E-state index is 12.8. The number of sulfonamides is 2. The van der Waals surface area contributed by atoms with Crippen molar-refractivity contribution < 1.29 is 21.6 Å². The van der Waals surface area contributed by atoms with Gasteiger partial charge < -0.3 is 5.32 Å². The molecule has 1 saturated heterocycles. The number of nitrogens with one attached hydrogen (secondary N) is 2. The van der Waals surface area contributed by atoms with Crippen molar-refractivity contribution in [3.63, 3.8) is 0 Å². The Morgan fingerprint density at radius 3 is 2.22 bits per heavy atom. The van der Waals surface area contributed by atoms with Gasteiger partial charge in [0.1, 0.15) is 0 Å². The van der Waals surface area contributed by atoms with Gasteiger partial charge >= 0.3 is 0 Å². The standard InChI is InChI=1S/C26H28ClN3O5S2/c1-19-24(27)8-5-9-25(19)29-37(34,35)23-12-10-22(11-13-23)28-26(31)21-14-16-30(17-15-21)36(32,33)18-20-6-3-2-4-7-20/h2-13,21,29H,14-18H2,1H3,(H,28,31). The van der Waals surface area contributed by atoms with Crippen molar-refractivity contribution in [2.75, 3.05) is 23.1 Å². The molecule has 8 nitrogen and oxygen atoms in total. The molecule has 0 atom stereocenters. The van der Waals surface area contributed by atoms with Crippen LogP contribution in [-0.2, 0) is 30.6 Å². The Bertz CT molecular complexity index is 1470. The van der Waals surface area contributed by atoms with Gasteiger partial charge in [0, 0.05) is 29.7 Å². The molecule has 0 radical (unpaired) electrons. The Balaban J connectivity index is 1.33. The number of piperidine rings is 1. The van der Waals surface area contributed by atoms with Gasteiger partial charge in [0.05, 0.1) is 16.3 Å². The van der Waals surface area contributed by atoms with Crippen LogP contribution in [0.5, 0.6) is 0 Å². The second kappa shape index (κ2) is 11.2. The molecule has 4 rings (SSSR count). The third-order valence-corrected chi connectivity index (χ3v) is 10.00. The van der Waals surface area contributed by atoms with Crippen LogP contribution in [0, 0.1) is 12.8 Å². The molecule has 1 amide bonds. The Hall–Kier alpha value is -2.92. The topological polar surface area (TPSA) is 113 Å². The number of carbonyl (C=O) groups excluding carboxylic acids is 1. The molecule has 1 heterocycles. The fourth-order valence-electron chi connectivity index (χ4n) is 4.16. The first-order chi connectivity index (χ1) is 17.5. The summed E-state index contributed by atoms with van der Waals surface area (Å²) in [5, 5.41) is 3.27. The van der Waals surface area contributed by atoms with Crippen LogP contribution < -0.4 is 10.0 Å². The number of hydrogen-bond donors (Lipinski definition) is 2. The van der Waals surface area contributed by atoms with Crippen LogP contribution in [0.2, 0.25) is 5.02 Å². The molecule has 3 aromatic rings. The molecule has 3 aromatic carbocycles. The average Bonchev–Trinajstić information content (AvgIpc) is 2.87. The smallest absolute Gasteiger partial charge is 0.261 e. The highest BCUT2D eigenvalue weighted by Crippen LogP contribution is 2.27. The number of carbonyl (C=O) groups is 1. The van der Waals surface area contributed by atoms with E-state index in [1.165, 1.54) is 28.6 Å². The van der Waals surface area contributed by atoms with Crippen molar-refractivity contribution in [2.45, 2.75) is 30.4 Å². The van der Waals surface area contributed by atoms with E-state index in [1.54, 1.807) is 49.4 Å². The second-order valence-electron chi connectivity index (χ2n) is 8.95. The quantitative estimate of drug-likeness (QED) is 0.416. The van der Waals surface area contributed by atoms with Crippen LogP contribution >= 0.6 is 11.6 Å². The van der Waals surface area contributed by atoms with Gasteiger partial charge in [0.2, 0.25) is 15.9 Å². The highest BCUT2D eigenvalue weighted by Gasteiger charge is 2.31. The Morgan fingerprint density at radius 1 is 0.919 bits per heavy atom. The predicted molar refractivity (Wildman–Crippen MR) is 145 cm³/mol. The van der Waals surface area contributed by atoms with Gasteiger partial charge in [-0.05, 0) is 67.3 Å². The lowest BCUT2D eigenvalue weighted by Crippen LogP contribution is -2.41. The van der Waals surface area contributed by atoms with Gasteiger partial charge in [0.15, 0.2) is 0 Å². The first kappa shape index (κ1) is 27.1. The summed E-state index contributed by atoms with van der Waals surface area (Å²) >= 11 is 6.08. The van der Waals surface area contributed by atoms with Gasteiger partial charge in [-0.25, -0.2) is 21.1 Å². The van der Waals surface area contributed by atoms with E-state index in [1.807, 2.05) is 6.07 Å². The summed E-state index contributed by atoms with van der Waals surface area (Å²) in [5.74, 6) is -0.617. The SMILES string of the molecule is Cc1c(Cl)cccc1NS(=O)(=O)c1ccc(NC(=O)C2CCN(S(=O)(=O)Cc3ccccc3)CC2)cc1. The Morgan fingerprint density at radius 2 is 1.57 bits per heavy atom. The van der Waals surface area contributed by atoms with E-state index in [0.29, 0.717) is 34.8 Å². The lowest BCUT2D eigenvalue weighted by atomic mass is 9.97. The van der Waals surface area contributed by atoms with Gasteiger partial charge in [-0.1, -0.05) is 48.0 Å². The van der Waals surface area contributed by atoms with Crippen molar-refractivity contribution >= 4 is 48.9 Å². The minimum Gasteiger partial charge on any atom is -0.326 e. The zero-order chi connectivity index (χ0) is 26.6. The Labute approximate surface area is 222 Å². The second-order valence-corrected chi connectivity index (χ2v) is 13.0. The monoisotopic (exact) mass is 561 g/mol. The lowest BCUT2D eigenvalue weighted by Gasteiger charge is -2.30. The number of nitrogens with zero attached hydrogens (tertiary/aromatic N) is 1. The molecule has 1 aliphatic heterocycles. The molecule has 0 aromatic heterocycles. The van der Waals surface area contributed by atoms with Crippen molar-refractivity contribution in [3.8, 4) is 0 Å². The molecule has 0 saturated carbocycles. The molecule has 37 heavy (non-hydrogen) atoms. The summed E-state index contributed by atoms with van der Waals surface area (Å²) in [4.78, 5) is 12.8. The largest absolute Gasteiger partial charge is 0.326 e. The molecule has 0 unspecified atom stereocenters. The summed E-state index contributed by atoms with van der Waals surface area (Å²) in [5.41, 5.74) is 2.20. The van der Waals surface area contributed by atoms with E-state index in [-0.39, 0.29) is 35.6 Å². The van der Waals surface area contributed by atoms with Crippen LogP contribution in [-0.4, -0.2) is 40.1 Å². The van der Waals surface area contributed by atoms with Gasteiger partial charge in [0.25, 0.3) is 10.0 Å². The number of benzene rings is 3. The predicted octanol–water partition coefficient (Wildman–Crippen LogP) is 4.63. The minimum absolute atomic E-state index is 0.0433. The van der Waals surface area contributed by atoms with Crippen molar-refractivity contribution in [2.24, 2.45) is 5.92 Å². The molecule has 11 heteroatoms. The van der Waals surface area contributed by atoms with E-state index in [9.17, 15) is 21.6 Å². The first-order valence-corrected chi connectivity index (χ1v) is 15.2. The summed E-state index contributed by atoms with van der Waals surface area (Å²) < 4.78 is 55.0. The fraction of sp³-hybridized carbons (Fsp3) is 0.269. The van der Waals surface area contributed by atoms with Crippen LogP contribution in [0.1, 0.15) is 24.0 Å². The van der Waals surface area contributed by atoms with E-state index < -0.39 is 20.0 Å². The van der Waals surface area contributed by atoms with Crippen LogP contribution in [0.15, 0.2) is 77.7 Å². The number of hydrogen-bond acceptors (Lipinski definition) is 5. The van der Waals surface area contributed by atoms with Gasteiger partial charge in [-0.3, -0.25) is 9.52 Å². The van der Waals surface area contributed by atoms with Gasteiger partial charge in [-0.2, -0.15) is 0 Å². The van der Waals surface area contributed by atoms with Crippen LogP contribution in [0.25, 0.3) is 0 Å². The van der Waals surface area contributed by atoms with Crippen molar-refractivity contribution in [3.05, 3.63) is 88.9 Å². The maximum atomic E-state index is 12.8. The molecule has 0 bridgehead atoms. The third-order valence-electron chi connectivity index (χ3n) is 6.35. The maximum Gasteiger partial charge on any atom is 0.261 e. The highest BCUT2D eigenvalue weighted by molar-refractivity contribution is 7.92. The fourth-order valence-corrected chi connectivity index (χ4v) is 7.02. The highest BCUT2D eigenvalue weighted by atomic mass is 35.5. The van der Waals surface area contributed by atoms with Crippen LogP contribution in [0.3, 0.4) is 0 Å². The summed E-state index contributed by atoms with van der Waals surface area (Å²) in [7, 11) is -7.30. The zero-order valence-electron chi connectivity index (χ0n) is 20.2. The number of rotatable bonds is 8. The normalized spacial score (nSPS) is 15.3. The Kier molecular flexibility index (Phi) is 8.23. The molecule has 0 aliphatic carbocycles. The number of halogens is 1. The van der Waals surface area contributed by atoms with Crippen molar-refractivity contribution in [1.29, 1.82) is 0 Å². The minimum atomic E-state index is -3.84. The van der Waals surface area contributed by atoms with E-state index >= 15 is 0 Å². The molecular weight excluding hydrogens is 534 g/mol. The molecular formula is C26H28ClN3O5S2. The molecule has 1 fully saturated rings. The summed E-state index contributed by atoms with van der Waals surface area (Å²) in [6, 6.07) is 19.9. The van der Waals surface area contributed by atoms with E-state index in [0.717, 1.165) is 5.56 Å². The third kappa shape index (κ3) is 6.70. The summed E-state index contributed by atoms with van der Waals surface area (Å²) in [6.07, 6.45) is 0.824. The van der Waals surface area contributed by atoms with Crippen molar-refractivity contribution in [1.82, 2.24) is 4.31 Å².